The quantitative estimate of drug-likeness (QED) is 0.691. The summed E-state index contributed by atoms with van der Waals surface area (Å²) in [5, 5.41) is 6.61. The SMILES string of the molecule is COc1ccc(CNc2nc3c(c(=O)n2-c2ccccc2)CNCC3)cc1.Cl. The van der Waals surface area contributed by atoms with E-state index in [9.17, 15) is 4.79 Å². The van der Waals surface area contributed by atoms with E-state index in [1.165, 1.54) is 0 Å². The van der Waals surface area contributed by atoms with Crippen LogP contribution in [0.3, 0.4) is 0 Å². The molecule has 2 heterocycles. The van der Waals surface area contributed by atoms with Crippen LogP contribution in [0, 0.1) is 0 Å². The van der Waals surface area contributed by atoms with E-state index in [0.29, 0.717) is 19.0 Å². The molecule has 28 heavy (non-hydrogen) atoms. The van der Waals surface area contributed by atoms with Crippen molar-refractivity contribution < 1.29 is 4.74 Å². The zero-order chi connectivity index (χ0) is 18.6. The summed E-state index contributed by atoms with van der Waals surface area (Å²) in [4.78, 5) is 17.9. The third-order valence-electron chi connectivity index (χ3n) is 4.73. The van der Waals surface area contributed by atoms with Crippen LogP contribution >= 0.6 is 12.4 Å². The number of benzene rings is 2. The average Bonchev–Trinajstić information content (AvgIpc) is 2.73. The summed E-state index contributed by atoms with van der Waals surface area (Å²) in [6.07, 6.45) is 0.761. The third-order valence-corrected chi connectivity index (χ3v) is 4.73. The van der Waals surface area contributed by atoms with Gasteiger partial charge in [0, 0.05) is 26.1 Å². The maximum absolute atomic E-state index is 13.2. The Morgan fingerprint density at radius 2 is 1.89 bits per heavy atom. The highest BCUT2D eigenvalue weighted by molar-refractivity contribution is 5.85. The molecule has 1 aliphatic heterocycles. The second-order valence-electron chi connectivity index (χ2n) is 6.47. The van der Waals surface area contributed by atoms with E-state index >= 15 is 0 Å². The van der Waals surface area contributed by atoms with Gasteiger partial charge in [-0.25, -0.2) is 9.55 Å². The van der Waals surface area contributed by atoms with Gasteiger partial charge < -0.3 is 15.4 Å². The van der Waals surface area contributed by atoms with Crippen LogP contribution in [0.2, 0.25) is 0 Å². The van der Waals surface area contributed by atoms with Crippen LogP contribution in [0.15, 0.2) is 59.4 Å². The standard InChI is InChI=1S/C21H22N4O2.ClH/c1-27-17-9-7-15(8-10-17)13-23-21-24-19-11-12-22-14-18(19)20(26)25(21)16-5-3-2-4-6-16;/h2-10,22H,11-14H2,1H3,(H,23,24);1H. The lowest BCUT2D eigenvalue weighted by atomic mass is 10.1. The number of hydrogen-bond acceptors (Lipinski definition) is 5. The van der Waals surface area contributed by atoms with Crippen molar-refractivity contribution in [2.45, 2.75) is 19.5 Å². The van der Waals surface area contributed by atoms with E-state index in [1.54, 1.807) is 11.7 Å². The van der Waals surface area contributed by atoms with Gasteiger partial charge in [-0.05, 0) is 29.8 Å². The maximum Gasteiger partial charge on any atom is 0.264 e. The van der Waals surface area contributed by atoms with Gasteiger partial charge in [0.2, 0.25) is 5.95 Å². The minimum absolute atomic E-state index is 0. The monoisotopic (exact) mass is 398 g/mol. The zero-order valence-electron chi connectivity index (χ0n) is 15.6. The van der Waals surface area contributed by atoms with Crippen molar-refractivity contribution in [2.24, 2.45) is 0 Å². The van der Waals surface area contributed by atoms with Crippen LogP contribution in [-0.4, -0.2) is 23.2 Å². The van der Waals surface area contributed by atoms with E-state index in [-0.39, 0.29) is 18.0 Å². The van der Waals surface area contributed by atoms with Gasteiger partial charge in [-0.1, -0.05) is 30.3 Å². The highest BCUT2D eigenvalue weighted by Crippen LogP contribution is 2.18. The number of aromatic nitrogens is 2. The number of nitrogens with zero attached hydrogens (tertiary/aromatic N) is 2. The molecule has 0 unspecified atom stereocenters. The largest absolute Gasteiger partial charge is 0.497 e. The van der Waals surface area contributed by atoms with Crippen molar-refractivity contribution in [1.29, 1.82) is 0 Å². The van der Waals surface area contributed by atoms with E-state index < -0.39 is 0 Å². The number of anilines is 1. The summed E-state index contributed by atoms with van der Waals surface area (Å²) in [7, 11) is 1.65. The molecule has 3 aromatic rings. The van der Waals surface area contributed by atoms with Gasteiger partial charge in [0.15, 0.2) is 0 Å². The van der Waals surface area contributed by atoms with Gasteiger partial charge in [-0.2, -0.15) is 0 Å². The minimum Gasteiger partial charge on any atom is -0.497 e. The molecule has 4 rings (SSSR count). The summed E-state index contributed by atoms with van der Waals surface area (Å²) in [5.41, 5.74) is 3.50. The second-order valence-corrected chi connectivity index (χ2v) is 6.47. The Balaban J connectivity index is 0.00000225. The lowest BCUT2D eigenvalue weighted by Gasteiger charge is -2.21. The molecule has 146 valence electrons. The summed E-state index contributed by atoms with van der Waals surface area (Å²) in [6.45, 7) is 1.97. The molecular formula is C21H23ClN4O2. The highest BCUT2D eigenvalue weighted by atomic mass is 35.5. The number of hydrogen-bond donors (Lipinski definition) is 2. The molecule has 0 aliphatic carbocycles. The first-order valence-electron chi connectivity index (χ1n) is 9.04. The predicted octanol–water partition coefficient (Wildman–Crippen LogP) is 2.92. The van der Waals surface area contributed by atoms with Crippen LogP contribution < -0.4 is 20.9 Å². The Labute approximate surface area is 170 Å². The van der Waals surface area contributed by atoms with Gasteiger partial charge in [-0.15, -0.1) is 12.4 Å². The molecule has 6 nitrogen and oxygen atoms in total. The molecule has 0 spiro atoms. The van der Waals surface area contributed by atoms with Crippen LogP contribution in [0.4, 0.5) is 5.95 Å². The lowest BCUT2D eigenvalue weighted by molar-refractivity contribution is 0.414. The van der Waals surface area contributed by atoms with Crippen LogP contribution in [-0.2, 0) is 19.5 Å². The number of ether oxygens (including phenoxy) is 1. The third kappa shape index (κ3) is 4.03. The number of rotatable bonds is 5. The first-order valence-corrected chi connectivity index (χ1v) is 9.04. The van der Waals surface area contributed by atoms with Crippen LogP contribution in [0.1, 0.15) is 16.8 Å². The molecule has 1 aromatic heterocycles. The zero-order valence-corrected chi connectivity index (χ0v) is 16.5. The Morgan fingerprint density at radius 3 is 2.61 bits per heavy atom. The van der Waals surface area contributed by atoms with Gasteiger partial charge in [0.05, 0.1) is 24.1 Å². The minimum atomic E-state index is -0.0179. The Bertz CT molecular complexity index is 988. The molecule has 0 saturated heterocycles. The molecule has 1 aliphatic rings. The van der Waals surface area contributed by atoms with E-state index in [1.807, 2.05) is 54.6 Å². The molecule has 0 bridgehead atoms. The summed E-state index contributed by atoms with van der Waals surface area (Å²) in [5.74, 6) is 1.39. The topological polar surface area (TPSA) is 68.2 Å². The number of para-hydroxylation sites is 1. The number of nitrogens with one attached hydrogen (secondary N) is 2. The fourth-order valence-corrected chi connectivity index (χ4v) is 3.26. The fourth-order valence-electron chi connectivity index (χ4n) is 3.26. The van der Waals surface area contributed by atoms with Crippen molar-refractivity contribution in [3.05, 3.63) is 81.8 Å². The Kier molecular flexibility index (Phi) is 6.34. The Morgan fingerprint density at radius 1 is 1.14 bits per heavy atom. The molecule has 0 amide bonds. The van der Waals surface area contributed by atoms with Gasteiger partial charge >= 0.3 is 0 Å². The van der Waals surface area contributed by atoms with E-state index in [2.05, 4.69) is 10.6 Å². The molecule has 0 atom stereocenters. The normalized spacial score (nSPS) is 12.6. The average molecular weight is 399 g/mol. The molecule has 2 aromatic carbocycles. The van der Waals surface area contributed by atoms with E-state index in [0.717, 1.165) is 41.2 Å². The maximum atomic E-state index is 13.2. The fraction of sp³-hybridized carbons (Fsp3) is 0.238. The van der Waals surface area contributed by atoms with Crippen molar-refractivity contribution in [1.82, 2.24) is 14.9 Å². The lowest BCUT2D eigenvalue weighted by Crippen LogP contribution is -2.35. The molecule has 7 heteroatoms. The second kappa shape index (κ2) is 8.91. The van der Waals surface area contributed by atoms with Crippen molar-refractivity contribution in [2.75, 3.05) is 19.0 Å². The molecule has 0 fully saturated rings. The van der Waals surface area contributed by atoms with Crippen molar-refractivity contribution >= 4 is 18.4 Å². The van der Waals surface area contributed by atoms with Gasteiger partial charge in [0.1, 0.15) is 5.75 Å². The molecule has 0 radical (unpaired) electrons. The summed E-state index contributed by atoms with van der Waals surface area (Å²) < 4.78 is 6.86. The molecule has 2 N–H and O–H groups in total. The molecular weight excluding hydrogens is 376 g/mol. The number of fused-ring (bicyclic) bond motifs is 1. The van der Waals surface area contributed by atoms with Crippen molar-refractivity contribution in [3.8, 4) is 11.4 Å². The molecule has 0 saturated carbocycles. The summed E-state index contributed by atoms with van der Waals surface area (Å²) in [6, 6.07) is 17.5. The first kappa shape index (κ1) is 19.9. The number of halogens is 1. The Hall–Kier alpha value is -2.83. The van der Waals surface area contributed by atoms with E-state index in [4.69, 9.17) is 9.72 Å². The summed E-state index contributed by atoms with van der Waals surface area (Å²) >= 11 is 0. The van der Waals surface area contributed by atoms with Crippen LogP contribution in [0.5, 0.6) is 5.75 Å². The number of methoxy groups -OCH3 is 1. The highest BCUT2D eigenvalue weighted by Gasteiger charge is 2.19. The van der Waals surface area contributed by atoms with Gasteiger partial charge in [-0.3, -0.25) is 4.79 Å². The predicted molar refractivity (Wildman–Crippen MR) is 113 cm³/mol. The van der Waals surface area contributed by atoms with Crippen molar-refractivity contribution in [3.63, 3.8) is 0 Å². The smallest absolute Gasteiger partial charge is 0.264 e. The van der Waals surface area contributed by atoms with Gasteiger partial charge in [0.25, 0.3) is 5.56 Å². The first-order chi connectivity index (χ1) is 13.3. The van der Waals surface area contributed by atoms with Crippen LogP contribution in [0.25, 0.3) is 5.69 Å².